The standard InChI is InChI=1S/C6H9N3O2/c1-3(2)4-7-5(10)6(11)9-8-4/h3H,1-2H3,(H,9,11)(H,7,8,10). The van der Waals surface area contributed by atoms with E-state index in [-0.39, 0.29) is 5.92 Å². The molecule has 5 nitrogen and oxygen atoms in total. The van der Waals surface area contributed by atoms with Crippen LogP contribution in [0.4, 0.5) is 0 Å². The number of rotatable bonds is 1. The second kappa shape index (κ2) is 2.69. The average Bonchev–Trinajstić information content (AvgIpc) is 1.94. The Morgan fingerprint density at radius 3 is 2.36 bits per heavy atom. The van der Waals surface area contributed by atoms with Crippen LogP contribution in [0.3, 0.4) is 0 Å². The molecule has 1 aromatic rings. The van der Waals surface area contributed by atoms with E-state index in [0.29, 0.717) is 5.82 Å². The predicted octanol–water partition coefficient (Wildman–Crippen LogP) is -0.418. The molecule has 1 heterocycles. The van der Waals surface area contributed by atoms with Crippen LogP contribution in [0.15, 0.2) is 9.59 Å². The lowest BCUT2D eigenvalue weighted by molar-refractivity contribution is 0.715. The molecule has 0 amide bonds. The van der Waals surface area contributed by atoms with Crippen LogP contribution in [0.25, 0.3) is 0 Å². The van der Waals surface area contributed by atoms with Crippen LogP contribution >= 0.6 is 0 Å². The summed E-state index contributed by atoms with van der Waals surface area (Å²) in [5.74, 6) is 0.606. The number of H-pyrrole nitrogens is 2. The lowest BCUT2D eigenvalue weighted by Gasteiger charge is -1.99. The van der Waals surface area contributed by atoms with Gasteiger partial charge in [0.15, 0.2) is 0 Å². The maximum absolute atomic E-state index is 10.7. The zero-order valence-corrected chi connectivity index (χ0v) is 6.34. The fourth-order valence-electron chi connectivity index (χ4n) is 0.636. The number of hydrogen-bond donors (Lipinski definition) is 2. The minimum absolute atomic E-state index is 0.111. The Labute approximate surface area is 62.5 Å². The van der Waals surface area contributed by atoms with Gasteiger partial charge in [0.2, 0.25) is 0 Å². The molecule has 0 bridgehead atoms. The van der Waals surface area contributed by atoms with Gasteiger partial charge in [-0.2, -0.15) is 5.10 Å². The summed E-state index contributed by atoms with van der Waals surface area (Å²) >= 11 is 0. The van der Waals surface area contributed by atoms with Gasteiger partial charge >= 0.3 is 11.1 Å². The number of nitrogens with one attached hydrogen (secondary N) is 2. The number of nitrogens with zero attached hydrogens (tertiary/aromatic N) is 1. The van der Waals surface area contributed by atoms with E-state index < -0.39 is 11.1 Å². The van der Waals surface area contributed by atoms with Gasteiger partial charge < -0.3 is 4.98 Å². The van der Waals surface area contributed by atoms with E-state index in [1.807, 2.05) is 13.8 Å². The Morgan fingerprint density at radius 2 is 1.91 bits per heavy atom. The lowest BCUT2D eigenvalue weighted by Crippen LogP contribution is -2.32. The van der Waals surface area contributed by atoms with E-state index in [1.165, 1.54) is 0 Å². The van der Waals surface area contributed by atoms with Crippen LogP contribution in [0.5, 0.6) is 0 Å². The minimum atomic E-state index is -0.714. The van der Waals surface area contributed by atoms with Gasteiger partial charge in [0, 0.05) is 5.92 Å². The molecule has 2 N–H and O–H groups in total. The van der Waals surface area contributed by atoms with Crippen molar-refractivity contribution in [1.82, 2.24) is 15.2 Å². The second-order valence-electron chi connectivity index (χ2n) is 2.55. The molecule has 0 aromatic carbocycles. The summed E-state index contributed by atoms with van der Waals surface area (Å²) < 4.78 is 0. The highest BCUT2D eigenvalue weighted by Gasteiger charge is 2.02. The quantitative estimate of drug-likeness (QED) is 0.541. The van der Waals surface area contributed by atoms with Crippen LogP contribution in [0, 0.1) is 0 Å². The monoisotopic (exact) mass is 155 g/mol. The Hall–Kier alpha value is -1.39. The van der Waals surface area contributed by atoms with E-state index in [9.17, 15) is 9.59 Å². The summed E-state index contributed by atoms with van der Waals surface area (Å²) in [6.07, 6.45) is 0. The molecule has 0 unspecified atom stereocenters. The Kier molecular flexibility index (Phi) is 1.89. The van der Waals surface area contributed by atoms with Gasteiger partial charge in [-0.3, -0.25) is 9.59 Å². The molecule has 11 heavy (non-hydrogen) atoms. The predicted molar refractivity (Wildman–Crippen MR) is 39.6 cm³/mol. The highest BCUT2D eigenvalue weighted by atomic mass is 16.2. The average molecular weight is 155 g/mol. The van der Waals surface area contributed by atoms with Gasteiger partial charge in [0.25, 0.3) is 0 Å². The van der Waals surface area contributed by atoms with Crippen LogP contribution in [-0.2, 0) is 0 Å². The van der Waals surface area contributed by atoms with E-state index in [4.69, 9.17) is 0 Å². The number of aromatic nitrogens is 3. The highest BCUT2D eigenvalue weighted by Crippen LogP contribution is 2.02. The third-order valence-corrected chi connectivity index (χ3v) is 1.27. The summed E-state index contributed by atoms with van der Waals surface area (Å²) in [6.45, 7) is 3.74. The molecular weight excluding hydrogens is 146 g/mol. The van der Waals surface area contributed by atoms with Crippen molar-refractivity contribution in [2.24, 2.45) is 0 Å². The molecule has 0 spiro atoms. The van der Waals surface area contributed by atoms with Crippen LogP contribution < -0.4 is 11.1 Å². The second-order valence-corrected chi connectivity index (χ2v) is 2.55. The first-order valence-electron chi connectivity index (χ1n) is 3.30. The summed E-state index contributed by atoms with van der Waals surface area (Å²) in [6, 6.07) is 0. The first-order valence-corrected chi connectivity index (χ1v) is 3.30. The van der Waals surface area contributed by atoms with Crippen molar-refractivity contribution in [3.05, 3.63) is 26.5 Å². The van der Waals surface area contributed by atoms with Gasteiger partial charge in [0.05, 0.1) is 0 Å². The fraction of sp³-hybridized carbons (Fsp3) is 0.500. The third kappa shape index (κ3) is 1.54. The molecule has 0 aliphatic heterocycles. The zero-order chi connectivity index (χ0) is 8.43. The summed E-state index contributed by atoms with van der Waals surface area (Å²) in [5.41, 5.74) is -1.36. The first kappa shape index (κ1) is 7.71. The molecule has 0 aliphatic carbocycles. The SMILES string of the molecule is CC(C)c1n[nH]c(=O)c(=O)[nH]1. The van der Waals surface area contributed by atoms with Gasteiger partial charge in [-0.05, 0) is 0 Å². The van der Waals surface area contributed by atoms with Crippen molar-refractivity contribution in [3.63, 3.8) is 0 Å². The van der Waals surface area contributed by atoms with Gasteiger partial charge in [-0.1, -0.05) is 13.8 Å². The van der Waals surface area contributed by atoms with E-state index >= 15 is 0 Å². The Morgan fingerprint density at radius 1 is 1.27 bits per heavy atom. The molecular formula is C6H9N3O2. The molecule has 5 heteroatoms. The third-order valence-electron chi connectivity index (χ3n) is 1.27. The molecule has 0 saturated carbocycles. The zero-order valence-electron chi connectivity index (χ0n) is 6.34. The fourth-order valence-corrected chi connectivity index (χ4v) is 0.636. The van der Waals surface area contributed by atoms with E-state index in [2.05, 4.69) is 15.2 Å². The summed E-state index contributed by atoms with van der Waals surface area (Å²) in [7, 11) is 0. The topological polar surface area (TPSA) is 78.6 Å². The summed E-state index contributed by atoms with van der Waals surface area (Å²) in [4.78, 5) is 23.6. The van der Waals surface area contributed by atoms with Crippen molar-refractivity contribution in [3.8, 4) is 0 Å². The Balaban J connectivity index is 3.27. The summed E-state index contributed by atoms with van der Waals surface area (Å²) in [5, 5.41) is 5.75. The van der Waals surface area contributed by atoms with Gasteiger partial charge in [-0.15, -0.1) is 0 Å². The largest absolute Gasteiger partial charge is 0.329 e. The molecule has 1 aromatic heterocycles. The van der Waals surface area contributed by atoms with Crippen LogP contribution in [0.2, 0.25) is 0 Å². The van der Waals surface area contributed by atoms with Gasteiger partial charge in [0.1, 0.15) is 5.82 Å². The smallest absolute Gasteiger partial charge is 0.304 e. The molecule has 60 valence electrons. The van der Waals surface area contributed by atoms with Crippen LogP contribution in [-0.4, -0.2) is 15.2 Å². The lowest BCUT2D eigenvalue weighted by atomic mass is 10.2. The Bertz CT molecular complexity index is 349. The van der Waals surface area contributed by atoms with Crippen LogP contribution in [0.1, 0.15) is 25.6 Å². The maximum atomic E-state index is 10.7. The van der Waals surface area contributed by atoms with E-state index in [1.54, 1.807) is 0 Å². The van der Waals surface area contributed by atoms with E-state index in [0.717, 1.165) is 0 Å². The number of hydrogen-bond acceptors (Lipinski definition) is 3. The molecule has 0 saturated heterocycles. The highest BCUT2D eigenvalue weighted by molar-refractivity contribution is 4.88. The van der Waals surface area contributed by atoms with Crippen molar-refractivity contribution < 1.29 is 0 Å². The first-order chi connectivity index (χ1) is 5.11. The number of aromatic amines is 2. The molecule has 0 aliphatic rings. The minimum Gasteiger partial charge on any atom is -0.304 e. The molecule has 0 atom stereocenters. The van der Waals surface area contributed by atoms with Crippen molar-refractivity contribution in [1.29, 1.82) is 0 Å². The maximum Gasteiger partial charge on any atom is 0.329 e. The van der Waals surface area contributed by atoms with Crippen molar-refractivity contribution >= 4 is 0 Å². The molecule has 1 rings (SSSR count). The normalized spacial score (nSPS) is 10.5. The molecule has 0 radical (unpaired) electrons. The molecule has 0 fully saturated rings. The van der Waals surface area contributed by atoms with Gasteiger partial charge in [-0.25, -0.2) is 5.10 Å². The van der Waals surface area contributed by atoms with Crippen molar-refractivity contribution in [2.75, 3.05) is 0 Å². The van der Waals surface area contributed by atoms with Crippen molar-refractivity contribution in [2.45, 2.75) is 19.8 Å².